The van der Waals surface area contributed by atoms with Gasteiger partial charge >= 0.3 is 0 Å². The van der Waals surface area contributed by atoms with E-state index < -0.39 is 0 Å². The van der Waals surface area contributed by atoms with Crippen LogP contribution in [0.3, 0.4) is 0 Å². The second kappa shape index (κ2) is 3.87. The highest BCUT2D eigenvalue weighted by molar-refractivity contribution is 7.11. The Hall–Kier alpha value is -1.000. The van der Waals surface area contributed by atoms with E-state index in [-0.39, 0.29) is 0 Å². The summed E-state index contributed by atoms with van der Waals surface area (Å²) in [5, 5.41) is 4.84. The molecule has 3 nitrogen and oxygen atoms in total. The highest BCUT2D eigenvalue weighted by Gasteiger charge is 2.10. The third-order valence-electron chi connectivity index (χ3n) is 2.19. The van der Waals surface area contributed by atoms with Gasteiger partial charge in [0.25, 0.3) is 0 Å². The number of thiophene rings is 1. The predicted octanol–water partition coefficient (Wildman–Crippen LogP) is 2.85. The normalized spacial score (nSPS) is 10.9. The van der Waals surface area contributed by atoms with E-state index in [2.05, 4.69) is 24.2 Å². The molecule has 2 aromatic heterocycles. The molecule has 0 aliphatic heterocycles. The van der Waals surface area contributed by atoms with Crippen molar-refractivity contribution in [2.75, 3.05) is 5.73 Å². The molecular weight excluding hydrogens is 230 g/mol. The van der Waals surface area contributed by atoms with Gasteiger partial charge < -0.3 is 5.73 Å². The largest absolute Gasteiger partial charge is 0.383 e. The predicted molar refractivity (Wildman–Crippen MR) is 64.5 cm³/mol. The molecule has 80 valence electrons. The average Bonchev–Trinajstić information content (AvgIpc) is 2.68. The second-order valence-electron chi connectivity index (χ2n) is 3.45. The number of aromatic nitrogens is 2. The van der Waals surface area contributed by atoms with Gasteiger partial charge in [-0.1, -0.05) is 11.6 Å². The summed E-state index contributed by atoms with van der Waals surface area (Å²) in [6.45, 7) is 4.63. The Morgan fingerprint density at radius 3 is 2.67 bits per heavy atom. The molecule has 0 unspecified atom stereocenters. The molecule has 15 heavy (non-hydrogen) atoms. The van der Waals surface area contributed by atoms with Crippen LogP contribution in [0.2, 0.25) is 5.02 Å². The molecule has 2 heterocycles. The van der Waals surface area contributed by atoms with Crippen molar-refractivity contribution < 1.29 is 0 Å². The van der Waals surface area contributed by atoms with Crippen molar-refractivity contribution in [3.8, 4) is 0 Å². The maximum absolute atomic E-state index is 5.96. The van der Waals surface area contributed by atoms with Crippen LogP contribution in [0.1, 0.15) is 15.4 Å². The van der Waals surface area contributed by atoms with Gasteiger partial charge in [0.05, 0.1) is 12.2 Å². The Kier molecular flexibility index (Phi) is 2.71. The van der Waals surface area contributed by atoms with Crippen molar-refractivity contribution >= 4 is 28.8 Å². The number of nitrogens with two attached hydrogens (primary N) is 1. The Bertz CT molecular complexity index is 487. The van der Waals surface area contributed by atoms with E-state index >= 15 is 0 Å². The van der Waals surface area contributed by atoms with Gasteiger partial charge in [0.15, 0.2) is 0 Å². The Morgan fingerprint density at radius 2 is 2.20 bits per heavy atom. The molecule has 0 aromatic carbocycles. The van der Waals surface area contributed by atoms with Crippen molar-refractivity contribution in [3.63, 3.8) is 0 Å². The molecule has 0 fully saturated rings. The lowest BCUT2D eigenvalue weighted by atomic mass is 10.4. The zero-order chi connectivity index (χ0) is 11.0. The maximum atomic E-state index is 5.96. The Morgan fingerprint density at radius 1 is 1.47 bits per heavy atom. The Labute approximate surface area is 97.5 Å². The first-order valence-electron chi connectivity index (χ1n) is 4.61. The van der Waals surface area contributed by atoms with Crippen LogP contribution in [0.15, 0.2) is 12.1 Å². The van der Waals surface area contributed by atoms with E-state index in [9.17, 15) is 0 Å². The summed E-state index contributed by atoms with van der Waals surface area (Å²) in [5.41, 5.74) is 6.61. The van der Waals surface area contributed by atoms with E-state index in [0.29, 0.717) is 17.4 Å². The van der Waals surface area contributed by atoms with Crippen LogP contribution in [-0.4, -0.2) is 9.78 Å². The number of hydrogen-bond donors (Lipinski definition) is 1. The number of nitrogen functional groups attached to an aromatic ring is 1. The van der Waals surface area contributed by atoms with Crippen molar-refractivity contribution in [2.45, 2.75) is 20.4 Å². The molecule has 0 aliphatic rings. The van der Waals surface area contributed by atoms with Gasteiger partial charge in [-0.05, 0) is 26.0 Å². The first-order valence-corrected chi connectivity index (χ1v) is 5.81. The standard InChI is InChI=1S/C10H12ClN3S/c1-6-3-4-8(15-6)5-14-10(12)9(11)7(2)13-14/h3-4H,5,12H2,1-2H3. The number of halogens is 1. The molecule has 0 aliphatic carbocycles. The fraction of sp³-hybridized carbons (Fsp3) is 0.300. The monoisotopic (exact) mass is 241 g/mol. The molecule has 0 radical (unpaired) electrons. The van der Waals surface area contributed by atoms with Crippen LogP contribution in [0.25, 0.3) is 0 Å². The summed E-state index contributed by atoms with van der Waals surface area (Å²) >= 11 is 7.71. The van der Waals surface area contributed by atoms with Gasteiger partial charge in [-0.15, -0.1) is 11.3 Å². The summed E-state index contributed by atoms with van der Waals surface area (Å²) in [5.74, 6) is 0.542. The van der Waals surface area contributed by atoms with Crippen LogP contribution in [-0.2, 0) is 6.54 Å². The third-order valence-corrected chi connectivity index (χ3v) is 3.65. The van der Waals surface area contributed by atoms with E-state index in [0.717, 1.165) is 5.69 Å². The maximum Gasteiger partial charge on any atom is 0.141 e. The van der Waals surface area contributed by atoms with Crippen LogP contribution in [0.5, 0.6) is 0 Å². The number of rotatable bonds is 2. The third kappa shape index (κ3) is 2.01. The summed E-state index contributed by atoms with van der Waals surface area (Å²) < 4.78 is 1.74. The molecule has 2 aromatic rings. The molecule has 0 saturated carbocycles. The fourth-order valence-electron chi connectivity index (χ4n) is 1.42. The molecule has 0 atom stereocenters. The van der Waals surface area contributed by atoms with E-state index in [1.54, 1.807) is 16.0 Å². The van der Waals surface area contributed by atoms with Gasteiger partial charge in [-0.2, -0.15) is 5.10 Å². The molecule has 5 heteroatoms. The zero-order valence-corrected chi connectivity index (χ0v) is 10.2. The minimum absolute atomic E-state index is 0.542. The fourth-order valence-corrected chi connectivity index (χ4v) is 2.42. The van der Waals surface area contributed by atoms with Crippen LogP contribution < -0.4 is 5.73 Å². The summed E-state index contributed by atoms with van der Waals surface area (Å²) in [7, 11) is 0. The van der Waals surface area contributed by atoms with Crippen molar-refractivity contribution in [1.82, 2.24) is 9.78 Å². The van der Waals surface area contributed by atoms with Gasteiger partial charge in [0.1, 0.15) is 10.8 Å². The summed E-state index contributed by atoms with van der Waals surface area (Å²) in [4.78, 5) is 2.52. The minimum Gasteiger partial charge on any atom is -0.383 e. The molecule has 0 amide bonds. The van der Waals surface area contributed by atoms with Gasteiger partial charge in [-0.3, -0.25) is 0 Å². The van der Waals surface area contributed by atoms with Crippen molar-refractivity contribution in [3.05, 3.63) is 32.6 Å². The van der Waals surface area contributed by atoms with Gasteiger partial charge in [-0.25, -0.2) is 4.68 Å². The number of anilines is 1. The van der Waals surface area contributed by atoms with E-state index in [1.807, 2.05) is 6.92 Å². The highest BCUT2D eigenvalue weighted by Crippen LogP contribution is 2.24. The molecule has 0 saturated heterocycles. The number of hydrogen-bond acceptors (Lipinski definition) is 3. The van der Waals surface area contributed by atoms with Gasteiger partial charge in [0.2, 0.25) is 0 Å². The quantitative estimate of drug-likeness (QED) is 0.879. The topological polar surface area (TPSA) is 43.8 Å². The van der Waals surface area contributed by atoms with E-state index in [4.69, 9.17) is 17.3 Å². The summed E-state index contributed by atoms with van der Waals surface area (Å²) in [6, 6.07) is 4.18. The molecule has 0 bridgehead atoms. The lowest BCUT2D eigenvalue weighted by molar-refractivity contribution is 0.697. The highest BCUT2D eigenvalue weighted by atomic mass is 35.5. The SMILES string of the molecule is Cc1ccc(Cn2nc(C)c(Cl)c2N)s1. The lowest BCUT2D eigenvalue weighted by Gasteiger charge is -2.00. The van der Waals surface area contributed by atoms with Crippen molar-refractivity contribution in [1.29, 1.82) is 0 Å². The lowest BCUT2D eigenvalue weighted by Crippen LogP contribution is -2.04. The van der Waals surface area contributed by atoms with Crippen molar-refractivity contribution in [2.24, 2.45) is 0 Å². The molecule has 2 N–H and O–H groups in total. The average molecular weight is 242 g/mol. The Balaban J connectivity index is 2.28. The number of aryl methyl sites for hydroxylation is 2. The molecule has 0 spiro atoms. The number of nitrogens with zero attached hydrogens (tertiary/aromatic N) is 2. The van der Waals surface area contributed by atoms with Crippen LogP contribution in [0, 0.1) is 13.8 Å². The first-order chi connectivity index (χ1) is 7.08. The first kappa shape index (κ1) is 10.5. The summed E-state index contributed by atoms with van der Waals surface area (Å²) in [6.07, 6.45) is 0. The molecular formula is C10H12ClN3S. The zero-order valence-electron chi connectivity index (χ0n) is 8.62. The van der Waals surface area contributed by atoms with Crippen LogP contribution in [0.4, 0.5) is 5.82 Å². The van der Waals surface area contributed by atoms with Gasteiger partial charge in [0, 0.05) is 9.75 Å². The second-order valence-corrected chi connectivity index (χ2v) is 5.21. The molecule has 2 rings (SSSR count). The minimum atomic E-state index is 0.542. The van der Waals surface area contributed by atoms with Crippen LogP contribution >= 0.6 is 22.9 Å². The smallest absolute Gasteiger partial charge is 0.141 e. The van der Waals surface area contributed by atoms with E-state index in [1.165, 1.54) is 9.75 Å².